The maximum absolute atomic E-state index is 13.4. The Morgan fingerprint density at radius 3 is 2.66 bits per heavy atom. The van der Waals surface area contributed by atoms with Crippen LogP contribution in [0, 0.1) is 5.82 Å². The van der Waals surface area contributed by atoms with Gasteiger partial charge in [0, 0.05) is 41.5 Å². The summed E-state index contributed by atoms with van der Waals surface area (Å²) in [5, 5.41) is 17.7. The molecule has 3 aromatic rings. The van der Waals surface area contributed by atoms with Crippen molar-refractivity contribution in [3.63, 3.8) is 0 Å². The van der Waals surface area contributed by atoms with Gasteiger partial charge in [0.05, 0.1) is 17.9 Å². The Kier molecular flexibility index (Phi) is 5.09. The van der Waals surface area contributed by atoms with Crippen molar-refractivity contribution in [2.45, 2.75) is 44.8 Å². The van der Waals surface area contributed by atoms with Crippen LogP contribution in [-0.4, -0.2) is 39.6 Å². The Balaban J connectivity index is 1.61. The van der Waals surface area contributed by atoms with Crippen LogP contribution in [0.4, 0.5) is 14.9 Å². The molecule has 1 saturated heterocycles. The number of ether oxygens (including phenoxy) is 1. The highest BCUT2D eigenvalue weighted by molar-refractivity contribution is 5.91. The molecule has 0 bridgehead atoms. The monoisotopic (exact) mass is 436 g/mol. The second kappa shape index (κ2) is 7.94. The molecule has 32 heavy (non-hydrogen) atoms. The first-order valence-electron chi connectivity index (χ1n) is 10.8. The molecule has 0 radical (unpaired) electrons. The van der Waals surface area contributed by atoms with Gasteiger partial charge >= 0.3 is 6.09 Å². The van der Waals surface area contributed by atoms with Crippen LogP contribution < -0.4 is 15.0 Å². The van der Waals surface area contributed by atoms with Crippen LogP contribution in [0.3, 0.4) is 0 Å². The first-order valence-corrected chi connectivity index (χ1v) is 10.8. The Morgan fingerprint density at radius 2 is 2.00 bits per heavy atom. The number of nitrogens with one attached hydrogen (secondary N) is 1. The highest BCUT2D eigenvalue weighted by atomic mass is 19.1. The van der Waals surface area contributed by atoms with Crippen LogP contribution in [0.25, 0.3) is 11.1 Å². The number of carboxylic acid groups (broad SMARTS) is 1. The fraction of sp³-hybridized carbons (Fsp3) is 0.333. The second-order valence-corrected chi connectivity index (χ2v) is 8.51. The van der Waals surface area contributed by atoms with Gasteiger partial charge in [0.1, 0.15) is 17.3 Å². The minimum absolute atomic E-state index is 0.125. The molecule has 5 rings (SSSR count). The number of benzene rings is 2. The van der Waals surface area contributed by atoms with E-state index >= 15 is 0 Å². The quantitative estimate of drug-likeness (QED) is 0.612. The summed E-state index contributed by atoms with van der Waals surface area (Å²) in [6.45, 7) is 4.90. The van der Waals surface area contributed by atoms with Crippen LogP contribution in [0.2, 0.25) is 0 Å². The minimum atomic E-state index is -0.988. The largest absolute Gasteiger partial charge is 0.465 e. The van der Waals surface area contributed by atoms with E-state index in [1.165, 1.54) is 17.0 Å². The van der Waals surface area contributed by atoms with Crippen LogP contribution in [0.1, 0.15) is 31.9 Å². The summed E-state index contributed by atoms with van der Waals surface area (Å²) in [4.78, 5) is 13.4. The smallest absolute Gasteiger partial charge is 0.412 e. The van der Waals surface area contributed by atoms with Gasteiger partial charge in [-0.2, -0.15) is 5.10 Å². The lowest BCUT2D eigenvalue weighted by Crippen LogP contribution is -2.51. The van der Waals surface area contributed by atoms with E-state index in [0.717, 1.165) is 23.2 Å². The van der Waals surface area contributed by atoms with Crippen molar-refractivity contribution in [3.05, 3.63) is 60.2 Å². The zero-order valence-electron chi connectivity index (χ0n) is 18.0. The van der Waals surface area contributed by atoms with E-state index in [9.17, 15) is 14.3 Å². The molecular formula is C24H25FN4O3. The number of rotatable bonds is 4. The topological polar surface area (TPSA) is 79.6 Å². The molecule has 2 aliphatic rings. The molecule has 166 valence electrons. The number of carbonyl (C=O) groups is 1. The Labute approximate surface area is 185 Å². The predicted octanol–water partition coefficient (Wildman–Crippen LogP) is 4.83. The number of anilines is 1. The van der Waals surface area contributed by atoms with Crippen LogP contribution in [-0.2, 0) is 6.42 Å². The normalized spacial score (nSPS) is 22.2. The average molecular weight is 436 g/mol. The fourth-order valence-corrected chi connectivity index (χ4v) is 4.50. The molecule has 0 spiro atoms. The number of amides is 1. The van der Waals surface area contributed by atoms with E-state index in [2.05, 4.69) is 17.3 Å². The van der Waals surface area contributed by atoms with Gasteiger partial charge in [-0.15, -0.1) is 0 Å². The lowest BCUT2D eigenvalue weighted by atomic mass is 9.92. The van der Waals surface area contributed by atoms with Crippen LogP contribution >= 0.6 is 0 Å². The Morgan fingerprint density at radius 1 is 1.22 bits per heavy atom. The molecule has 0 saturated carbocycles. The van der Waals surface area contributed by atoms with Gasteiger partial charge in [0.25, 0.3) is 0 Å². The molecule has 2 N–H and O–H groups in total. The third-order valence-electron chi connectivity index (χ3n) is 6.47. The SMILES string of the molecule is CC1NCC1n1cc(-c2ccc3c(c2Oc2ccc(F)cc2)CC[C@H](C)N3C(=O)O)cn1. The molecule has 2 aliphatic heterocycles. The number of aromatic nitrogens is 2. The Bertz CT molecular complexity index is 1160. The van der Waals surface area contributed by atoms with Gasteiger partial charge in [-0.1, -0.05) is 0 Å². The highest BCUT2D eigenvalue weighted by Crippen LogP contribution is 2.44. The number of fused-ring (bicyclic) bond motifs is 1. The Hall–Kier alpha value is -3.39. The van der Waals surface area contributed by atoms with E-state index in [-0.39, 0.29) is 11.9 Å². The molecule has 2 unspecified atom stereocenters. The van der Waals surface area contributed by atoms with Gasteiger partial charge < -0.3 is 15.2 Å². The molecule has 8 heteroatoms. The zero-order chi connectivity index (χ0) is 22.4. The van der Waals surface area contributed by atoms with Gasteiger partial charge in [0.2, 0.25) is 0 Å². The van der Waals surface area contributed by atoms with Gasteiger partial charge in [-0.25, -0.2) is 9.18 Å². The summed E-state index contributed by atoms with van der Waals surface area (Å²) in [7, 11) is 0. The third-order valence-corrected chi connectivity index (χ3v) is 6.47. The molecule has 0 aliphatic carbocycles. The average Bonchev–Trinajstić information content (AvgIpc) is 3.22. The van der Waals surface area contributed by atoms with E-state index in [1.807, 2.05) is 36.1 Å². The molecule has 3 heterocycles. The summed E-state index contributed by atoms with van der Waals surface area (Å²) >= 11 is 0. The lowest BCUT2D eigenvalue weighted by molar-refractivity contribution is 0.198. The summed E-state index contributed by atoms with van der Waals surface area (Å²) in [6, 6.07) is 10.1. The molecule has 1 fully saturated rings. The van der Waals surface area contributed by atoms with E-state index in [1.54, 1.807) is 12.1 Å². The summed E-state index contributed by atoms with van der Waals surface area (Å²) in [5.74, 6) is 0.736. The summed E-state index contributed by atoms with van der Waals surface area (Å²) in [5.41, 5.74) is 3.18. The first kappa shape index (κ1) is 20.5. The number of nitrogens with zero attached hydrogens (tertiary/aromatic N) is 3. The first-order chi connectivity index (χ1) is 15.4. The lowest BCUT2D eigenvalue weighted by Gasteiger charge is -2.35. The standard InChI is InChI=1S/C24H25FN4O3/c1-14-3-8-20-21(29(14)24(30)31)10-9-19(23(20)32-18-6-4-17(25)5-7-18)16-11-27-28(13-16)22-12-26-15(22)2/h4-7,9-11,13-15,22,26H,3,8,12H2,1-2H3,(H,30,31)/t14-,15?,22?/m0/s1. The van der Waals surface area contributed by atoms with Gasteiger partial charge in [-0.3, -0.25) is 9.58 Å². The number of hydrogen-bond acceptors (Lipinski definition) is 4. The van der Waals surface area contributed by atoms with Gasteiger partial charge in [-0.05, 0) is 63.1 Å². The molecule has 3 atom stereocenters. The van der Waals surface area contributed by atoms with E-state index in [4.69, 9.17) is 4.74 Å². The van der Waals surface area contributed by atoms with Crippen LogP contribution in [0.15, 0.2) is 48.8 Å². The number of halogens is 1. The molecule has 1 aromatic heterocycles. The van der Waals surface area contributed by atoms with Crippen LogP contribution in [0.5, 0.6) is 11.5 Å². The highest BCUT2D eigenvalue weighted by Gasteiger charge is 2.32. The second-order valence-electron chi connectivity index (χ2n) is 8.51. The predicted molar refractivity (Wildman–Crippen MR) is 119 cm³/mol. The van der Waals surface area contributed by atoms with Crippen molar-refractivity contribution in [1.29, 1.82) is 0 Å². The molecule has 2 aromatic carbocycles. The van der Waals surface area contributed by atoms with Crippen molar-refractivity contribution in [2.75, 3.05) is 11.4 Å². The van der Waals surface area contributed by atoms with Crippen molar-refractivity contribution >= 4 is 11.8 Å². The van der Waals surface area contributed by atoms with E-state index in [0.29, 0.717) is 42.1 Å². The molecule has 7 nitrogen and oxygen atoms in total. The van der Waals surface area contributed by atoms with Crippen molar-refractivity contribution < 1.29 is 19.0 Å². The van der Waals surface area contributed by atoms with Crippen molar-refractivity contribution in [1.82, 2.24) is 15.1 Å². The summed E-state index contributed by atoms with van der Waals surface area (Å²) in [6.07, 6.45) is 4.19. The minimum Gasteiger partial charge on any atom is -0.465 e. The van der Waals surface area contributed by atoms with Gasteiger partial charge in [0.15, 0.2) is 0 Å². The molecular weight excluding hydrogens is 411 g/mol. The van der Waals surface area contributed by atoms with Crippen molar-refractivity contribution in [2.24, 2.45) is 0 Å². The number of hydrogen-bond donors (Lipinski definition) is 2. The maximum atomic E-state index is 13.4. The maximum Gasteiger partial charge on any atom is 0.412 e. The molecule has 1 amide bonds. The van der Waals surface area contributed by atoms with E-state index < -0.39 is 6.09 Å². The fourth-order valence-electron chi connectivity index (χ4n) is 4.50. The summed E-state index contributed by atoms with van der Waals surface area (Å²) < 4.78 is 21.7. The third kappa shape index (κ3) is 3.50. The van der Waals surface area contributed by atoms with Crippen molar-refractivity contribution in [3.8, 4) is 22.6 Å². The zero-order valence-corrected chi connectivity index (χ0v) is 18.0.